The molecule has 84 valence electrons. The molecule has 1 aromatic carbocycles. The number of benzene rings is 1. The Hall–Kier alpha value is -0.700. The molecule has 1 aromatic heterocycles. The van der Waals surface area contributed by atoms with Gasteiger partial charge in [-0.2, -0.15) is 0 Å². The lowest BCUT2D eigenvalue weighted by molar-refractivity contribution is 0.891. The summed E-state index contributed by atoms with van der Waals surface area (Å²) in [5, 5.41) is 6.20. The van der Waals surface area contributed by atoms with Gasteiger partial charge in [0.15, 0.2) is 0 Å². The van der Waals surface area contributed by atoms with Crippen LogP contribution in [0, 0.1) is 0 Å². The molecule has 0 saturated carbocycles. The van der Waals surface area contributed by atoms with E-state index in [-0.39, 0.29) is 6.04 Å². The summed E-state index contributed by atoms with van der Waals surface area (Å²) in [6.45, 7) is 2.10. The van der Waals surface area contributed by atoms with E-state index in [1.807, 2.05) is 30.3 Å². The standard InChI is InChI=1S/C12H11Cl2NS/c1-8(9-6-12(14)16-7-9)15-11-4-2-10(13)3-5-11/h2-8,15H,1H3. The Morgan fingerprint density at radius 1 is 1.19 bits per heavy atom. The molecule has 0 bridgehead atoms. The average Bonchev–Trinajstić information content (AvgIpc) is 2.68. The molecule has 0 amide bonds. The topological polar surface area (TPSA) is 12.0 Å². The third-order valence-corrected chi connectivity index (χ3v) is 3.68. The van der Waals surface area contributed by atoms with E-state index >= 15 is 0 Å². The van der Waals surface area contributed by atoms with Gasteiger partial charge in [-0.25, -0.2) is 0 Å². The maximum atomic E-state index is 5.90. The molecular formula is C12H11Cl2NS. The number of hydrogen-bond donors (Lipinski definition) is 1. The Morgan fingerprint density at radius 2 is 1.88 bits per heavy atom. The van der Waals surface area contributed by atoms with Gasteiger partial charge in [0.1, 0.15) is 0 Å². The van der Waals surface area contributed by atoms with E-state index in [0.717, 1.165) is 15.0 Å². The molecule has 2 rings (SSSR count). The summed E-state index contributed by atoms with van der Waals surface area (Å²) in [6.07, 6.45) is 0. The summed E-state index contributed by atoms with van der Waals surface area (Å²) >= 11 is 13.3. The van der Waals surface area contributed by atoms with Crippen LogP contribution in [0.1, 0.15) is 18.5 Å². The lowest BCUT2D eigenvalue weighted by Gasteiger charge is -2.13. The molecule has 1 nitrogen and oxygen atoms in total. The number of nitrogens with one attached hydrogen (secondary N) is 1. The van der Waals surface area contributed by atoms with Crippen molar-refractivity contribution in [1.82, 2.24) is 0 Å². The monoisotopic (exact) mass is 271 g/mol. The van der Waals surface area contributed by atoms with Crippen molar-refractivity contribution >= 4 is 40.2 Å². The Balaban J connectivity index is 2.07. The van der Waals surface area contributed by atoms with Crippen molar-refractivity contribution in [2.45, 2.75) is 13.0 Å². The fourth-order valence-corrected chi connectivity index (χ4v) is 2.54. The minimum absolute atomic E-state index is 0.241. The molecule has 1 unspecified atom stereocenters. The second-order valence-corrected chi connectivity index (χ2v) is 5.54. The lowest BCUT2D eigenvalue weighted by Crippen LogP contribution is -2.04. The van der Waals surface area contributed by atoms with E-state index < -0.39 is 0 Å². The number of thiophene rings is 1. The Bertz CT molecular complexity index is 464. The molecule has 0 aliphatic heterocycles. The zero-order chi connectivity index (χ0) is 11.5. The first-order chi connectivity index (χ1) is 7.65. The lowest BCUT2D eigenvalue weighted by atomic mass is 10.1. The first kappa shape index (κ1) is 11.8. The summed E-state index contributed by atoms with van der Waals surface area (Å²) in [7, 11) is 0. The number of anilines is 1. The summed E-state index contributed by atoms with van der Waals surface area (Å²) in [5.41, 5.74) is 2.25. The SMILES string of the molecule is CC(Nc1ccc(Cl)cc1)c1csc(Cl)c1. The highest BCUT2D eigenvalue weighted by Crippen LogP contribution is 2.27. The second kappa shape index (κ2) is 5.09. The minimum Gasteiger partial charge on any atom is -0.378 e. The molecule has 2 aromatic rings. The van der Waals surface area contributed by atoms with E-state index in [1.165, 1.54) is 5.56 Å². The highest BCUT2D eigenvalue weighted by Gasteiger charge is 2.07. The molecule has 1 N–H and O–H groups in total. The van der Waals surface area contributed by atoms with E-state index in [2.05, 4.69) is 17.6 Å². The second-order valence-electron chi connectivity index (χ2n) is 3.56. The van der Waals surface area contributed by atoms with Gasteiger partial charge in [-0.1, -0.05) is 23.2 Å². The Morgan fingerprint density at radius 3 is 2.44 bits per heavy atom. The van der Waals surface area contributed by atoms with Crippen LogP contribution in [0.2, 0.25) is 9.36 Å². The molecule has 16 heavy (non-hydrogen) atoms. The zero-order valence-electron chi connectivity index (χ0n) is 8.71. The van der Waals surface area contributed by atoms with Crippen molar-refractivity contribution < 1.29 is 0 Å². The third-order valence-electron chi connectivity index (χ3n) is 2.32. The van der Waals surface area contributed by atoms with Crippen LogP contribution in [-0.2, 0) is 0 Å². The quantitative estimate of drug-likeness (QED) is 0.806. The first-order valence-corrected chi connectivity index (χ1v) is 6.55. The van der Waals surface area contributed by atoms with E-state index in [0.29, 0.717) is 0 Å². The summed E-state index contributed by atoms with van der Waals surface area (Å²) < 4.78 is 0.819. The highest BCUT2D eigenvalue weighted by atomic mass is 35.5. The molecule has 4 heteroatoms. The Labute approximate surface area is 109 Å². The van der Waals surface area contributed by atoms with Gasteiger partial charge in [0.2, 0.25) is 0 Å². The maximum absolute atomic E-state index is 5.90. The molecule has 1 heterocycles. The van der Waals surface area contributed by atoms with Crippen LogP contribution >= 0.6 is 34.5 Å². The van der Waals surface area contributed by atoms with Gasteiger partial charge in [0.05, 0.1) is 4.34 Å². The number of halogens is 2. The number of rotatable bonds is 3. The van der Waals surface area contributed by atoms with Crippen LogP contribution in [0.15, 0.2) is 35.7 Å². The fraction of sp³-hybridized carbons (Fsp3) is 0.167. The minimum atomic E-state index is 0.241. The Kier molecular flexibility index (Phi) is 3.74. The van der Waals surface area contributed by atoms with Crippen molar-refractivity contribution in [3.8, 4) is 0 Å². The van der Waals surface area contributed by atoms with Crippen molar-refractivity contribution in [3.63, 3.8) is 0 Å². The van der Waals surface area contributed by atoms with Gasteiger partial charge in [-0.05, 0) is 48.2 Å². The molecule has 0 aliphatic carbocycles. The molecule has 0 saturated heterocycles. The van der Waals surface area contributed by atoms with Crippen molar-refractivity contribution in [2.24, 2.45) is 0 Å². The molecule has 0 spiro atoms. The third kappa shape index (κ3) is 2.91. The van der Waals surface area contributed by atoms with Crippen LogP contribution in [0.3, 0.4) is 0 Å². The van der Waals surface area contributed by atoms with Crippen LogP contribution < -0.4 is 5.32 Å². The van der Waals surface area contributed by atoms with Gasteiger partial charge in [-0.15, -0.1) is 11.3 Å². The summed E-state index contributed by atoms with van der Waals surface area (Å²) in [5.74, 6) is 0. The van der Waals surface area contributed by atoms with Crippen molar-refractivity contribution in [2.75, 3.05) is 5.32 Å². The molecule has 0 aliphatic rings. The zero-order valence-corrected chi connectivity index (χ0v) is 11.0. The van der Waals surface area contributed by atoms with E-state index in [1.54, 1.807) is 11.3 Å². The van der Waals surface area contributed by atoms with Gasteiger partial charge in [0.25, 0.3) is 0 Å². The van der Waals surface area contributed by atoms with E-state index in [9.17, 15) is 0 Å². The van der Waals surface area contributed by atoms with Gasteiger partial charge in [-0.3, -0.25) is 0 Å². The molecule has 1 atom stereocenters. The highest BCUT2D eigenvalue weighted by molar-refractivity contribution is 7.14. The van der Waals surface area contributed by atoms with Crippen molar-refractivity contribution in [1.29, 1.82) is 0 Å². The molecular weight excluding hydrogens is 261 g/mol. The van der Waals surface area contributed by atoms with Crippen molar-refractivity contribution in [3.05, 3.63) is 50.6 Å². The normalized spacial score (nSPS) is 12.4. The van der Waals surface area contributed by atoms with Gasteiger partial charge < -0.3 is 5.32 Å². The average molecular weight is 272 g/mol. The smallest absolute Gasteiger partial charge is 0.0931 e. The molecule has 0 radical (unpaired) electrons. The van der Waals surface area contributed by atoms with Gasteiger partial charge in [0, 0.05) is 16.8 Å². The van der Waals surface area contributed by atoms with Crippen LogP contribution in [0.5, 0.6) is 0 Å². The van der Waals surface area contributed by atoms with Crippen LogP contribution in [0.25, 0.3) is 0 Å². The van der Waals surface area contributed by atoms with Gasteiger partial charge >= 0.3 is 0 Å². The number of hydrogen-bond acceptors (Lipinski definition) is 2. The first-order valence-electron chi connectivity index (χ1n) is 4.91. The maximum Gasteiger partial charge on any atom is 0.0931 e. The predicted molar refractivity (Wildman–Crippen MR) is 72.8 cm³/mol. The summed E-state index contributed by atoms with van der Waals surface area (Å²) in [6, 6.07) is 9.90. The predicted octanol–water partition coefficient (Wildman–Crippen LogP) is 5.23. The molecule has 0 fully saturated rings. The van der Waals surface area contributed by atoms with E-state index in [4.69, 9.17) is 23.2 Å². The van der Waals surface area contributed by atoms with Crippen LogP contribution in [-0.4, -0.2) is 0 Å². The largest absolute Gasteiger partial charge is 0.378 e. The summed E-state index contributed by atoms with van der Waals surface area (Å²) in [4.78, 5) is 0. The van der Waals surface area contributed by atoms with Crippen LogP contribution in [0.4, 0.5) is 5.69 Å². The fourth-order valence-electron chi connectivity index (χ4n) is 1.43.